The Morgan fingerprint density at radius 1 is 1.32 bits per heavy atom. The van der Waals surface area contributed by atoms with Crippen molar-refractivity contribution in [2.75, 3.05) is 12.3 Å². The molecule has 0 aliphatic carbocycles. The van der Waals surface area contributed by atoms with E-state index in [4.69, 9.17) is 4.42 Å². The third-order valence-electron chi connectivity index (χ3n) is 3.44. The molecule has 130 valence electrons. The monoisotopic (exact) mass is 357 g/mol. The Morgan fingerprint density at radius 3 is 2.96 bits per heavy atom. The highest BCUT2D eigenvalue weighted by atomic mass is 32.2. The maximum absolute atomic E-state index is 11.9. The molecule has 0 atom stereocenters. The Morgan fingerprint density at radius 2 is 2.24 bits per heavy atom. The molecule has 0 aliphatic rings. The summed E-state index contributed by atoms with van der Waals surface area (Å²) in [6.45, 7) is 3.19. The van der Waals surface area contributed by atoms with Crippen LogP contribution in [0.1, 0.15) is 19.1 Å². The van der Waals surface area contributed by atoms with Gasteiger partial charge in [-0.2, -0.15) is 0 Å². The fourth-order valence-electron chi connectivity index (χ4n) is 2.25. The van der Waals surface area contributed by atoms with Crippen molar-refractivity contribution in [1.82, 2.24) is 25.1 Å². The summed E-state index contributed by atoms with van der Waals surface area (Å²) in [5.41, 5.74) is 0.865. The van der Waals surface area contributed by atoms with E-state index in [9.17, 15) is 4.79 Å². The second-order valence-corrected chi connectivity index (χ2v) is 6.29. The minimum atomic E-state index is -0.0117. The third-order valence-corrected chi connectivity index (χ3v) is 4.40. The number of hydrogen-bond acceptors (Lipinski definition) is 6. The Labute approximate surface area is 149 Å². The molecular weight excluding hydrogens is 338 g/mol. The van der Waals surface area contributed by atoms with E-state index in [0.29, 0.717) is 29.8 Å². The molecule has 0 bridgehead atoms. The van der Waals surface area contributed by atoms with Crippen molar-refractivity contribution in [2.24, 2.45) is 0 Å². The molecule has 3 heterocycles. The van der Waals surface area contributed by atoms with Gasteiger partial charge in [0.25, 0.3) is 0 Å². The Balaban J connectivity index is 1.82. The number of furan rings is 1. The van der Waals surface area contributed by atoms with Gasteiger partial charge in [-0.1, -0.05) is 18.7 Å². The maximum atomic E-state index is 11.9. The van der Waals surface area contributed by atoms with E-state index in [2.05, 4.69) is 20.5 Å². The van der Waals surface area contributed by atoms with E-state index >= 15 is 0 Å². The SMILES string of the molecule is CCCNC(=O)CSc1nnc(-c2cccnc2)n1Cc1ccco1. The zero-order valence-electron chi connectivity index (χ0n) is 13.9. The first kappa shape index (κ1) is 17.2. The molecule has 0 radical (unpaired) electrons. The molecule has 0 spiro atoms. The highest BCUT2D eigenvalue weighted by Gasteiger charge is 2.17. The van der Waals surface area contributed by atoms with Gasteiger partial charge in [0.1, 0.15) is 5.76 Å². The van der Waals surface area contributed by atoms with Gasteiger partial charge in [-0.05, 0) is 30.7 Å². The minimum Gasteiger partial charge on any atom is -0.467 e. The van der Waals surface area contributed by atoms with Crippen molar-refractivity contribution < 1.29 is 9.21 Å². The van der Waals surface area contributed by atoms with Crippen LogP contribution in [-0.2, 0) is 11.3 Å². The summed E-state index contributed by atoms with van der Waals surface area (Å²) in [5, 5.41) is 12.1. The van der Waals surface area contributed by atoms with Crippen molar-refractivity contribution in [2.45, 2.75) is 25.0 Å². The predicted octanol–water partition coefficient (Wildman–Crippen LogP) is 2.60. The van der Waals surface area contributed by atoms with Crippen LogP contribution in [0.5, 0.6) is 0 Å². The molecule has 8 heteroatoms. The van der Waals surface area contributed by atoms with Crippen LogP contribution in [0.4, 0.5) is 0 Å². The van der Waals surface area contributed by atoms with E-state index in [0.717, 1.165) is 17.7 Å². The summed E-state index contributed by atoms with van der Waals surface area (Å²) >= 11 is 1.36. The quantitative estimate of drug-likeness (QED) is 0.624. The number of carbonyl (C=O) groups is 1. The Bertz CT molecular complexity index is 802. The molecule has 0 saturated heterocycles. The van der Waals surface area contributed by atoms with Gasteiger partial charge in [0.15, 0.2) is 11.0 Å². The second-order valence-electron chi connectivity index (χ2n) is 5.35. The summed E-state index contributed by atoms with van der Waals surface area (Å²) < 4.78 is 7.39. The van der Waals surface area contributed by atoms with Gasteiger partial charge in [0, 0.05) is 24.5 Å². The van der Waals surface area contributed by atoms with Crippen molar-refractivity contribution in [3.8, 4) is 11.4 Å². The molecule has 0 fully saturated rings. The molecule has 0 aliphatic heterocycles. The summed E-state index contributed by atoms with van der Waals surface area (Å²) in [5.74, 6) is 1.77. The van der Waals surface area contributed by atoms with Crippen LogP contribution in [0.25, 0.3) is 11.4 Å². The fourth-order valence-corrected chi connectivity index (χ4v) is 3.02. The number of aromatic nitrogens is 4. The Hall–Kier alpha value is -2.61. The summed E-state index contributed by atoms with van der Waals surface area (Å²) in [4.78, 5) is 16.0. The van der Waals surface area contributed by atoms with Gasteiger partial charge < -0.3 is 9.73 Å². The molecular formula is C17H19N5O2S. The number of nitrogens with one attached hydrogen (secondary N) is 1. The molecule has 1 amide bonds. The minimum absolute atomic E-state index is 0.0117. The van der Waals surface area contributed by atoms with Crippen molar-refractivity contribution >= 4 is 17.7 Å². The molecule has 3 aromatic rings. The molecule has 0 unspecified atom stereocenters. The molecule has 3 aromatic heterocycles. The van der Waals surface area contributed by atoms with Gasteiger partial charge >= 0.3 is 0 Å². The lowest BCUT2D eigenvalue weighted by Gasteiger charge is -2.08. The molecule has 0 saturated carbocycles. The normalized spacial score (nSPS) is 10.8. The average Bonchev–Trinajstić information content (AvgIpc) is 3.29. The topological polar surface area (TPSA) is 85.8 Å². The van der Waals surface area contributed by atoms with Crippen molar-refractivity contribution in [3.63, 3.8) is 0 Å². The van der Waals surface area contributed by atoms with E-state index in [1.54, 1.807) is 18.7 Å². The van der Waals surface area contributed by atoms with E-state index in [1.807, 2.05) is 35.8 Å². The van der Waals surface area contributed by atoms with Gasteiger partial charge in [-0.15, -0.1) is 10.2 Å². The maximum Gasteiger partial charge on any atom is 0.230 e. The van der Waals surface area contributed by atoms with Crippen LogP contribution in [0.3, 0.4) is 0 Å². The van der Waals surface area contributed by atoms with Crippen LogP contribution in [0, 0.1) is 0 Å². The predicted molar refractivity (Wildman–Crippen MR) is 95.1 cm³/mol. The average molecular weight is 357 g/mol. The second kappa shape index (κ2) is 8.48. The molecule has 7 nitrogen and oxygen atoms in total. The highest BCUT2D eigenvalue weighted by Crippen LogP contribution is 2.24. The molecule has 3 rings (SSSR count). The van der Waals surface area contributed by atoms with Gasteiger partial charge in [0.2, 0.25) is 5.91 Å². The standard InChI is InChI=1S/C17H19N5O2S/c1-2-7-19-15(23)12-25-17-21-20-16(13-5-3-8-18-10-13)22(17)11-14-6-4-9-24-14/h3-6,8-10H,2,7,11-12H2,1H3,(H,19,23). The summed E-state index contributed by atoms with van der Waals surface area (Å²) in [6.07, 6.45) is 6.00. The van der Waals surface area contributed by atoms with Crippen molar-refractivity contribution in [3.05, 3.63) is 48.7 Å². The van der Waals surface area contributed by atoms with Gasteiger partial charge in [-0.3, -0.25) is 14.3 Å². The third kappa shape index (κ3) is 4.48. The lowest BCUT2D eigenvalue weighted by molar-refractivity contribution is -0.118. The lowest BCUT2D eigenvalue weighted by Crippen LogP contribution is -2.25. The van der Waals surface area contributed by atoms with Crippen molar-refractivity contribution in [1.29, 1.82) is 0 Å². The van der Waals surface area contributed by atoms with Crippen LogP contribution in [0.15, 0.2) is 52.5 Å². The number of nitrogens with zero attached hydrogens (tertiary/aromatic N) is 4. The first-order valence-corrected chi connectivity index (χ1v) is 9.02. The smallest absolute Gasteiger partial charge is 0.230 e. The first-order valence-electron chi connectivity index (χ1n) is 8.03. The van der Waals surface area contributed by atoms with Crippen LogP contribution in [0.2, 0.25) is 0 Å². The first-order chi connectivity index (χ1) is 12.3. The fraction of sp³-hybridized carbons (Fsp3) is 0.294. The zero-order valence-corrected chi connectivity index (χ0v) is 14.7. The Kier molecular flexibility index (Phi) is 5.84. The van der Waals surface area contributed by atoms with E-state index < -0.39 is 0 Å². The number of thioether (sulfide) groups is 1. The van der Waals surface area contributed by atoms with E-state index in [1.165, 1.54) is 11.8 Å². The van der Waals surface area contributed by atoms with Gasteiger partial charge in [-0.25, -0.2) is 0 Å². The number of pyridine rings is 1. The number of rotatable bonds is 8. The van der Waals surface area contributed by atoms with Crippen LogP contribution in [-0.4, -0.2) is 38.0 Å². The summed E-state index contributed by atoms with van der Waals surface area (Å²) in [6, 6.07) is 7.52. The van der Waals surface area contributed by atoms with E-state index in [-0.39, 0.29) is 5.91 Å². The number of carbonyl (C=O) groups excluding carboxylic acids is 1. The molecule has 1 N–H and O–H groups in total. The highest BCUT2D eigenvalue weighted by molar-refractivity contribution is 7.99. The number of amides is 1. The zero-order chi connectivity index (χ0) is 17.5. The lowest BCUT2D eigenvalue weighted by atomic mass is 10.2. The van der Waals surface area contributed by atoms with Gasteiger partial charge in [0.05, 0.1) is 18.6 Å². The molecule has 25 heavy (non-hydrogen) atoms. The van der Waals surface area contributed by atoms with Crippen LogP contribution >= 0.6 is 11.8 Å². The summed E-state index contributed by atoms with van der Waals surface area (Å²) in [7, 11) is 0. The molecule has 0 aromatic carbocycles. The largest absolute Gasteiger partial charge is 0.467 e. The van der Waals surface area contributed by atoms with Crippen LogP contribution < -0.4 is 5.32 Å². The number of hydrogen-bond donors (Lipinski definition) is 1.